The number of amides is 1. The van der Waals surface area contributed by atoms with E-state index in [1.807, 2.05) is 42.5 Å². The van der Waals surface area contributed by atoms with E-state index in [4.69, 9.17) is 11.2 Å². The van der Waals surface area contributed by atoms with Crippen molar-refractivity contribution < 1.29 is 9.53 Å². The van der Waals surface area contributed by atoms with Crippen molar-refractivity contribution in [3.8, 4) is 18.1 Å². The van der Waals surface area contributed by atoms with Crippen molar-refractivity contribution in [2.24, 2.45) is 5.10 Å². The Morgan fingerprint density at radius 1 is 1.08 bits per heavy atom. The zero-order chi connectivity index (χ0) is 17.5. The highest BCUT2D eigenvalue weighted by Gasteiger charge is 2.07. The van der Waals surface area contributed by atoms with Crippen LogP contribution in [-0.4, -0.2) is 18.7 Å². The Morgan fingerprint density at radius 3 is 2.64 bits per heavy atom. The molecule has 0 radical (unpaired) electrons. The quantitative estimate of drug-likeness (QED) is 0.442. The van der Waals surface area contributed by atoms with Crippen molar-refractivity contribution in [3.63, 3.8) is 0 Å². The van der Waals surface area contributed by atoms with E-state index < -0.39 is 0 Å². The minimum absolute atomic E-state index is 0.162. The van der Waals surface area contributed by atoms with E-state index in [1.165, 1.54) is 0 Å². The Morgan fingerprint density at radius 2 is 1.84 bits per heavy atom. The van der Waals surface area contributed by atoms with Gasteiger partial charge in [-0.2, -0.15) is 5.10 Å². The van der Waals surface area contributed by atoms with Crippen molar-refractivity contribution >= 4 is 22.9 Å². The van der Waals surface area contributed by atoms with Crippen molar-refractivity contribution in [1.82, 2.24) is 5.43 Å². The van der Waals surface area contributed by atoms with Crippen molar-refractivity contribution in [2.45, 2.75) is 0 Å². The molecular weight excluding hydrogens is 312 g/mol. The van der Waals surface area contributed by atoms with Gasteiger partial charge in [-0.05, 0) is 29.0 Å². The van der Waals surface area contributed by atoms with Crippen molar-refractivity contribution in [3.05, 3.63) is 77.9 Å². The zero-order valence-corrected chi connectivity index (χ0v) is 13.5. The third-order valence-corrected chi connectivity index (χ3v) is 3.64. The van der Waals surface area contributed by atoms with Gasteiger partial charge in [0.2, 0.25) is 0 Å². The summed E-state index contributed by atoms with van der Waals surface area (Å²) in [7, 11) is 0. The molecule has 0 aliphatic heterocycles. The number of hydrogen-bond acceptors (Lipinski definition) is 3. The van der Waals surface area contributed by atoms with E-state index in [9.17, 15) is 4.79 Å². The maximum atomic E-state index is 12.1. The first-order valence-corrected chi connectivity index (χ1v) is 7.76. The number of terminal acetylenes is 1. The largest absolute Gasteiger partial charge is 0.480 e. The van der Waals surface area contributed by atoms with Gasteiger partial charge in [-0.25, -0.2) is 5.43 Å². The standard InChI is InChI=1S/C21H16N2O2/c1-2-14-25-20-13-12-16-8-6-7-11-18(16)19(20)15-22-23-21(24)17-9-4-3-5-10-17/h1,3-13,15H,14H2,(H,23,24)/b22-15-. The van der Waals surface area contributed by atoms with Gasteiger partial charge >= 0.3 is 0 Å². The average molecular weight is 328 g/mol. The van der Waals surface area contributed by atoms with E-state index in [1.54, 1.807) is 30.5 Å². The fourth-order valence-corrected chi connectivity index (χ4v) is 2.46. The van der Waals surface area contributed by atoms with Gasteiger partial charge in [0, 0.05) is 11.1 Å². The fourth-order valence-electron chi connectivity index (χ4n) is 2.46. The molecule has 0 saturated carbocycles. The van der Waals surface area contributed by atoms with Crippen LogP contribution < -0.4 is 10.2 Å². The third-order valence-electron chi connectivity index (χ3n) is 3.64. The second-order valence-corrected chi connectivity index (χ2v) is 5.26. The lowest BCUT2D eigenvalue weighted by Crippen LogP contribution is -2.17. The first kappa shape index (κ1) is 16.3. The van der Waals surface area contributed by atoms with Gasteiger partial charge < -0.3 is 4.74 Å². The number of carbonyl (C=O) groups excluding carboxylic acids is 1. The molecule has 3 aromatic carbocycles. The van der Waals surface area contributed by atoms with Gasteiger partial charge in [0.05, 0.1) is 6.21 Å². The van der Waals surface area contributed by atoms with Crippen molar-refractivity contribution in [2.75, 3.05) is 6.61 Å². The highest BCUT2D eigenvalue weighted by Crippen LogP contribution is 2.26. The summed E-state index contributed by atoms with van der Waals surface area (Å²) in [5, 5.41) is 6.10. The van der Waals surface area contributed by atoms with E-state index in [0.717, 1.165) is 16.3 Å². The molecule has 4 heteroatoms. The number of rotatable bonds is 5. The Bertz CT molecular complexity index is 957. The second kappa shape index (κ2) is 7.80. The molecule has 1 amide bonds. The predicted molar refractivity (Wildman–Crippen MR) is 99.8 cm³/mol. The molecule has 0 unspecified atom stereocenters. The van der Waals surface area contributed by atoms with Gasteiger partial charge in [0.1, 0.15) is 12.4 Å². The highest BCUT2D eigenvalue weighted by molar-refractivity contribution is 6.03. The molecule has 0 spiro atoms. The molecular formula is C21H16N2O2. The third kappa shape index (κ3) is 3.85. The fraction of sp³-hybridized carbons (Fsp3) is 0.0476. The maximum Gasteiger partial charge on any atom is 0.271 e. The van der Waals surface area contributed by atoms with Gasteiger partial charge in [0.15, 0.2) is 0 Å². The molecule has 1 N–H and O–H groups in total. The lowest BCUT2D eigenvalue weighted by molar-refractivity contribution is 0.0955. The summed E-state index contributed by atoms with van der Waals surface area (Å²) in [6, 6.07) is 20.6. The molecule has 0 saturated heterocycles. The molecule has 3 aromatic rings. The molecule has 122 valence electrons. The number of fused-ring (bicyclic) bond motifs is 1. The zero-order valence-electron chi connectivity index (χ0n) is 13.5. The molecule has 0 heterocycles. The van der Waals surface area contributed by atoms with Gasteiger partial charge in [-0.1, -0.05) is 54.5 Å². The predicted octanol–water partition coefficient (Wildman–Crippen LogP) is 3.62. The Labute approximate surface area is 146 Å². The molecule has 0 atom stereocenters. The Balaban J connectivity index is 1.88. The topological polar surface area (TPSA) is 50.7 Å². The number of hydrogen-bond donors (Lipinski definition) is 1. The number of nitrogens with zero attached hydrogens (tertiary/aromatic N) is 1. The van der Waals surface area contributed by atoms with Crippen LogP contribution in [0.1, 0.15) is 15.9 Å². The van der Waals surface area contributed by atoms with Gasteiger partial charge in [-0.15, -0.1) is 6.42 Å². The van der Waals surface area contributed by atoms with E-state index in [-0.39, 0.29) is 12.5 Å². The molecule has 0 aliphatic carbocycles. The maximum absolute atomic E-state index is 12.1. The summed E-state index contributed by atoms with van der Waals surface area (Å²) in [6.07, 6.45) is 6.86. The van der Waals surface area contributed by atoms with Crippen molar-refractivity contribution in [1.29, 1.82) is 0 Å². The Kier molecular flexibility index (Phi) is 5.08. The number of benzene rings is 3. The van der Waals surface area contributed by atoms with E-state index in [0.29, 0.717) is 11.3 Å². The summed E-state index contributed by atoms with van der Waals surface area (Å²) in [5.41, 5.74) is 3.84. The minimum atomic E-state index is -0.275. The number of carbonyl (C=O) groups is 1. The van der Waals surface area contributed by atoms with Crippen LogP contribution >= 0.6 is 0 Å². The van der Waals surface area contributed by atoms with Crippen LogP contribution in [0.4, 0.5) is 0 Å². The number of nitrogens with one attached hydrogen (secondary N) is 1. The van der Waals surface area contributed by atoms with Crippen LogP contribution in [0.5, 0.6) is 5.75 Å². The lowest BCUT2D eigenvalue weighted by Gasteiger charge is -2.09. The first-order chi connectivity index (χ1) is 12.3. The molecule has 0 bridgehead atoms. The van der Waals surface area contributed by atoms with Gasteiger partial charge in [-0.3, -0.25) is 4.79 Å². The minimum Gasteiger partial charge on any atom is -0.480 e. The summed E-state index contributed by atoms with van der Waals surface area (Å²) in [5.74, 6) is 2.80. The monoisotopic (exact) mass is 328 g/mol. The first-order valence-electron chi connectivity index (χ1n) is 7.76. The van der Waals surface area contributed by atoms with Crippen LogP contribution in [0.25, 0.3) is 10.8 Å². The molecule has 0 aliphatic rings. The second-order valence-electron chi connectivity index (χ2n) is 5.26. The van der Waals surface area contributed by atoms with E-state index >= 15 is 0 Å². The SMILES string of the molecule is C#CCOc1ccc2ccccc2c1/C=N\NC(=O)c1ccccc1. The lowest BCUT2D eigenvalue weighted by atomic mass is 10.0. The molecule has 0 aromatic heterocycles. The molecule has 3 rings (SSSR count). The summed E-state index contributed by atoms with van der Waals surface area (Å²) in [4.78, 5) is 12.1. The van der Waals surface area contributed by atoms with Crippen LogP contribution in [0.2, 0.25) is 0 Å². The van der Waals surface area contributed by atoms with Crippen LogP contribution in [0.3, 0.4) is 0 Å². The molecule has 0 fully saturated rings. The smallest absolute Gasteiger partial charge is 0.271 e. The molecule has 4 nitrogen and oxygen atoms in total. The molecule has 25 heavy (non-hydrogen) atoms. The normalized spacial score (nSPS) is 10.5. The Hall–Kier alpha value is -3.58. The van der Waals surface area contributed by atoms with Crippen LogP contribution in [0.15, 0.2) is 71.8 Å². The highest BCUT2D eigenvalue weighted by atomic mass is 16.5. The van der Waals surface area contributed by atoms with Gasteiger partial charge in [0.25, 0.3) is 5.91 Å². The summed E-state index contributed by atoms with van der Waals surface area (Å²) < 4.78 is 5.60. The number of ether oxygens (including phenoxy) is 1. The summed E-state index contributed by atoms with van der Waals surface area (Å²) in [6.45, 7) is 0.162. The van der Waals surface area contributed by atoms with E-state index in [2.05, 4.69) is 16.4 Å². The average Bonchev–Trinajstić information content (AvgIpc) is 2.67. The summed E-state index contributed by atoms with van der Waals surface area (Å²) >= 11 is 0. The van der Waals surface area contributed by atoms with Crippen LogP contribution in [-0.2, 0) is 0 Å². The van der Waals surface area contributed by atoms with Crippen LogP contribution in [0, 0.1) is 12.3 Å². The number of hydrazone groups is 1.